The van der Waals surface area contributed by atoms with Gasteiger partial charge in [0.1, 0.15) is 0 Å². The molecule has 0 spiro atoms. The number of hydrogen-bond acceptors (Lipinski definition) is 5. The number of aromatic nitrogens is 2. The molecule has 132 valence electrons. The van der Waals surface area contributed by atoms with Gasteiger partial charge in [-0.15, -0.1) is 0 Å². The quantitative estimate of drug-likeness (QED) is 0.592. The van der Waals surface area contributed by atoms with E-state index in [4.69, 9.17) is 4.74 Å². The summed E-state index contributed by atoms with van der Waals surface area (Å²) in [6.45, 7) is 4.62. The van der Waals surface area contributed by atoms with Gasteiger partial charge in [0.15, 0.2) is 5.69 Å². The van der Waals surface area contributed by atoms with Gasteiger partial charge in [-0.25, -0.2) is 4.68 Å². The standard InChI is InChI=1S/C17H20N4O4/c1-2-19(11-13-7-9-25-12-13)17(22)16-6-8-20(18-16)14-4-3-5-15(10-14)21(23)24/h3-6,8,10,13H,2,7,9,11-12H2,1H3/t13-/m0/s1. The van der Waals surface area contributed by atoms with Gasteiger partial charge in [-0.2, -0.15) is 5.10 Å². The third kappa shape index (κ3) is 3.85. The number of carbonyl (C=O) groups is 1. The number of hydrogen-bond donors (Lipinski definition) is 0. The smallest absolute Gasteiger partial charge is 0.274 e. The molecule has 25 heavy (non-hydrogen) atoms. The Morgan fingerprint density at radius 1 is 1.48 bits per heavy atom. The zero-order valence-electron chi connectivity index (χ0n) is 14.0. The van der Waals surface area contributed by atoms with Crippen molar-refractivity contribution in [3.05, 3.63) is 52.3 Å². The Morgan fingerprint density at radius 2 is 2.32 bits per heavy atom. The lowest BCUT2D eigenvalue weighted by molar-refractivity contribution is -0.384. The highest BCUT2D eigenvalue weighted by molar-refractivity contribution is 5.92. The topological polar surface area (TPSA) is 90.5 Å². The molecule has 1 aromatic carbocycles. The highest BCUT2D eigenvalue weighted by Gasteiger charge is 2.23. The predicted octanol–water partition coefficient (Wildman–Crippen LogP) is 2.28. The Morgan fingerprint density at radius 3 is 3.00 bits per heavy atom. The maximum atomic E-state index is 12.7. The first-order chi connectivity index (χ1) is 12.1. The summed E-state index contributed by atoms with van der Waals surface area (Å²) in [5, 5.41) is 15.2. The third-order valence-electron chi connectivity index (χ3n) is 4.28. The Hall–Kier alpha value is -2.74. The maximum absolute atomic E-state index is 12.7. The average Bonchev–Trinajstić information content (AvgIpc) is 3.31. The van der Waals surface area contributed by atoms with E-state index >= 15 is 0 Å². The number of rotatable bonds is 6. The molecule has 0 aliphatic carbocycles. The van der Waals surface area contributed by atoms with Crippen molar-refractivity contribution in [2.45, 2.75) is 13.3 Å². The van der Waals surface area contributed by atoms with E-state index in [9.17, 15) is 14.9 Å². The third-order valence-corrected chi connectivity index (χ3v) is 4.28. The summed E-state index contributed by atoms with van der Waals surface area (Å²) in [7, 11) is 0. The fourth-order valence-corrected chi connectivity index (χ4v) is 2.89. The molecule has 3 rings (SSSR count). The fourth-order valence-electron chi connectivity index (χ4n) is 2.89. The maximum Gasteiger partial charge on any atom is 0.274 e. The molecule has 1 aliphatic rings. The van der Waals surface area contributed by atoms with Crippen LogP contribution < -0.4 is 0 Å². The number of benzene rings is 1. The van der Waals surface area contributed by atoms with Crippen LogP contribution in [0.2, 0.25) is 0 Å². The van der Waals surface area contributed by atoms with Crippen molar-refractivity contribution in [1.82, 2.24) is 14.7 Å². The zero-order chi connectivity index (χ0) is 17.8. The predicted molar refractivity (Wildman–Crippen MR) is 90.7 cm³/mol. The minimum absolute atomic E-state index is 0.0164. The van der Waals surface area contributed by atoms with Gasteiger partial charge >= 0.3 is 0 Å². The van der Waals surface area contributed by atoms with E-state index in [1.807, 2.05) is 6.92 Å². The summed E-state index contributed by atoms with van der Waals surface area (Å²) in [6, 6.07) is 7.78. The molecule has 1 aliphatic heterocycles. The first-order valence-electron chi connectivity index (χ1n) is 8.26. The molecule has 2 aromatic rings. The SMILES string of the molecule is CCN(C[C@@H]1CCOC1)C(=O)c1ccn(-c2cccc([N+](=O)[O-])c2)n1. The molecule has 1 atom stereocenters. The summed E-state index contributed by atoms with van der Waals surface area (Å²) in [5.41, 5.74) is 0.852. The van der Waals surface area contributed by atoms with E-state index in [0.717, 1.165) is 13.0 Å². The van der Waals surface area contributed by atoms with Crippen LogP contribution in [0.25, 0.3) is 5.69 Å². The van der Waals surface area contributed by atoms with Gasteiger partial charge in [-0.3, -0.25) is 14.9 Å². The molecular weight excluding hydrogens is 324 g/mol. The van der Waals surface area contributed by atoms with Crippen molar-refractivity contribution in [2.75, 3.05) is 26.3 Å². The van der Waals surface area contributed by atoms with E-state index in [-0.39, 0.29) is 11.6 Å². The number of nitro benzene ring substituents is 1. The van der Waals surface area contributed by atoms with Crippen molar-refractivity contribution in [2.24, 2.45) is 5.92 Å². The lowest BCUT2D eigenvalue weighted by Crippen LogP contribution is -2.35. The first kappa shape index (κ1) is 17.1. The van der Waals surface area contributed by atoms with Crippen LogP contribution in [0.4, 0.5) is 5.69 Å². The molecule has 0 unspecified atom stereocenters. The normalized spacial score (nSPS) is 16.8. The van der Waals surface area contributed by atoms with Crippen LogP contribution >= 0.6 is 0 Å². The van der Waals surface area contributed by atoms with Crippen LogP contribution in [0.3, 0.4) is 0 Å². The second kappa shape index (κ2) is 7.43. The van der Waals surface area contributed by atoms with Gasteiger partial charge in [0, 0.05) is 43.9 Å². The van der Waals surface area contributed by atoms with E-state index in [2.05, 4.69) is 5.10 Å². The van der Waals surface area contributed by atoms with Gasteiger partial charge in [-0.1, -0.05) is 6.07 Å². The van der Waals surface area contributed by atoms with Crippen LogP contribution in [0.15, 0.2) is 36.5 Å². The number of amides is 1. The fraction of sp³-hybridized carbons (Fsp3) is 0.412. The Balaban J connectivity index is 1.76. The number of ether oxygens (including phenoxy) is 1. The number of non-ortho nitro benzene ring substituents is 1. The molecule has 0 radical (unpaired) electrons. The molecule has 1 aromatic heterocycles. The Labute approximate surface area is 145 Å². The van der Waals surface area contributed by atoms with Gasteiger partial charge < -0.3 is 9.64 Å². The summed E-state index contributed by atoms with van der Waals surface area (Å²) >= 11 is 0. The molecule has 2 heterocycles. The molecule has 1 amide bonds. The summed E-state index contributed by atoms with van der Waals surface area (Å²) in [5.74, 6) is 0.223. The van der Waals surface area contributed by atoms with Crippen molar-refractivity contribution in [1.29, 1.82) is 0 Å². The molecule has 8 nitrogen and oxygen atoms in total. The van der Waals surface area contributed by atoms with Gasteiger partial charge in [-0.05, 0) is 25.5 Å². The number of nitrogens with zero attached hydrogens (tertiary/aromatic N) is 4. The molecule has 1 saturated heterocycles. The Kier molecular flexibility index (Phi) is 5.08. The van der Waals surface area contributed by atoms with E-state index in [1.165, 1.54) is 16.8 Å². The molecule has 0 bridgehead atoms. The highest BCUT2D eigenvalue weighted by atomic mass is 16.6. The van der Waals surface area contributed by atoms with Crippen LogP contribution in [0.1, 0.15) is 23.8 Å². The summed E-state index contributed by atoms with van der Waals surface area (Å²) < 4.78 is 6.85. The van der Waals surface area contributed by atoms with Gasteiger partial charge in [0.2, 0.25) is 0 Å². The first-order valence-corrected chi connectivity index (χ1v) is 8.26. The van der Waals surface area contributed by atoms with Crippen molar-refractivity contribution < 1.29 is 14.5 Å². The molecule has 0 N–H and O–H groups in total. The van der Waals surface area contributed by atoms with Crippen LogP contribution in [0.5, 0.6) is 0 Å². The summed E-state index contributed by atoms with van der Waals surface area (Å²) in [4.78, 5) is 24.9. The summed E-state index contributed by atoms with van der Waals surface area (Å²) in [6.07, 6.45) is 2.60. The zero-order valence-corrected chi connectivity index (χ0v) is 14.0. The molecule has 0 saturated carbocycles. The second-order valence-electron chi connectivity index (χ2n) is 6.00. The monoisotopic (exact) mass is 344 g/mol. The molecular formula is C17H20N4O4. The van der Waals surface area contributed by atoms with E-state index < -0.39 is 4.92 Å². The minimum atomic E-state index is -0.457. The average molecular weight is 344 g/mol. The Bertz CT molecular complexity index is 768. The van der Waals surface area contributed by atoms with Gasteiger partial charge in [0.25, 0.3) is 11.6 Å². The van der Waals surface area contributed by atoms with Crippen molar-refractivity contribution in [3.8, 4) is 5.69 Å². The largest absolute Gasteiger partial charge is 0.381 e. The van der Waals surface area contributed by atoms with Crippen LogP contribution in [-0.2, 0) is 4.74 Å². The highest BCUT2D eigenvalue weighted by Crippen LogP contribution is 2.18. The number of carbonyl (C=O) groups excluding carboxylic acids is 1. The number of nitro groups is 1. The van der Waals surface area contributed by atoms with Crippen molar-refractivity contribution in [3.63, 3.8) is 0 Å². The van der Waals surface area contributed by atoms with Crippen LogP contribution in [-0.4, -0.2) is 51.8 Å². The van der Waals surface area contributed by atoms with Gasteiger partial charge in [0.05, 0.1) is 17.2 Å². The lowest BCUT2D eigenvalue weighted by Gasteiger charge is -2.22. The second-order valence-corrected chi connectivity index (χ2v) is 6.00. The van der Waals surface area contributed by atoms with Crippen LogP contribution in [0, 0.1) is 16.0 Å². The van der Waals surface area contributed by atoms with E-state index in [1.54, 1.807) is 29.3 Å². The van der Waals surface area contributed by atoms with Crippen molar-refractivity contribution >= 4 is 11.6 Å². The minimum Gasteiger partial charge on any atom is -0.381 e. The van der Waals surface area contributed by atoms with E-state index in [0.29, 0.717) is 37.0 Å². The lowest BCUT2D eigenvalue weighted by atomic mass is 10.1. The molecule has 8 heteroatoms. The molecule has 1 fully saturated rings.